The van der Waals surface area contributed by atoms with E-state index < -0.39 is 27.7 Å². The minimum absolute atomic E-state index is 0.0134. The average molecular weight is 338 g/mol. The normalized spacial score (nSPS) is 14.8. The quantitative estimate of drug-likeness (QED) is 0.456. The lowest BCUT2D eigenvalue weighted by Gasteiger charge is -2.18. The molecule has 0 aliphatic heterocycles. The molecule has 0 aromatic heterocycles. The zero-order chi connectivity index (χ0) is 14.1. The molecule has 0 aliphatic carbocycles. The van der Waals surface area contributed by atoms with Gasteiger partial charge in [0.05, 0.1) is 5.71 Å². The molecule has 0 saturated heterocycles. The topological polar surface area (TPSA) is 35.4 Å². The van der Waals surface area contributed by atoms with Crippen LogP contribution in [-0.2, 0) is 11.4 Å². The predicted molar refractivity (Wildman–Crippen MR) is 74.2 cm³/mol. The van der Waals surface area contributed by atoms with Crippen LogP contribution in [0.1, 0.15) is 33.3 Å². The molecule has 1 atom stereocenters. The maximum atomic E-state index is 13.6. The molecule has 2 nitrogen and oxygen atoms in total. The molecule has 1 unspecified atom stereocenters. The molecule has 18 heavy (non-hydrogen) atoms. The fourth-order valence-corrected chi connectivity index (χ4v) is 2.18. The second kappa shape index (κ2) is 5.67. The number of hydrogen-bond acceptors (Lipinski definition) is 2. The first-order valence-corrected chi connectivity index (χ1v) is 7.15. The molecule has 0 N–H and O–H groups in total. The molecule has 1 aromatic carbocycles. The van der Waals surface area contributed by atoms with Gasteiger partial charge in [-0.3, -0.25) is 0 Å². The third kappa shape index (κ3) is 3.76. The van der Waals surface area contributed by atoms with Crippen molar-refractivity contribution in [3.8, 4) is 0 Å². The van der Waals surface area contributed by atoms with Crippen LogP contribution in [0.4, 0.5) is 8.78 Å². The Morgan fingerprint density at radius 1 is 1.33 bits per heavy atom. The molecule has 0 amide bonds. The van der Waals surface area contributed by atoms with Crippen LogP contribution in [0, 0.1) is 11.6 Å². The molecule has 0 saturated carbocycles. The minimum atomic E-state index is -1.51. The fraction of sp³-hybridized carbons (Fsp3) is 0.417. The van der Waals surface area contributed by atoms with Crippen molar-refractivity contribution in [2.24, 2.45) is 4.40 Å². The molecule has 1 rings (SSSR count). The number of rotatable bonds is 2. The zero-order valence-electron chi connectivity index (χ0n) is 10.6. The number of halogens is 3. The van der Waals surface area contributed by atoms with E-state index in [4.69, 9.17) is 0 Å². The molecule has 0 spiro atoms. The Morgan fingerprint density at radius 2 is 1.89 bits per heavy atom. The Hall–Kier alpha value is -0.460. The fourth-order valence-electron chi connectivity index (χ4n) is 1.13. The first-order chi connectivity index (χ1) is 8.12. The van der Waals surface area contributed by atoms with Gasteiger partial charge in [-0.05, 0) is 39.8 Å². The van der Waals surface area contributed by atoms with Gasteiger partial charge >= 0.3 is 0 Å². The minimum Gasteiger partial charge on any atom is -0.591 e. The van der Waals surface area contributed by atoms with Crippen molar-refractivity contribution >= 4 is 33.0 Å². The van der Waals surface area contributed by atoms with E-state index in [1.165, 1.54) is 13.0 Å². The summed E-state index contributed by atoms with van der Waals surface area (Å²) in [6, 6.07) is 2.45. The summed E-state index contributed by atoms with van der Waals surface area (Å²) in [5, 5.41) is 0. The van der Waals surface area contributed by atoms with Crippen molar-refractivity contribution < 1.29 is 13.3 Å². The van der Waals surface area contributed by atoms with Crippen LogP contribution in [0.5, 0.6) is 0 Å². The molecule has 1 aromatic rings. The molecule has 0 radical (unpaired) electrons. The van der Waals surface area contributed by atoms with Crippen LogP contribution in [0.25, 0.3) is 0 Å². The van der Waals surface area contributed by atoms with E-state index in [-0.39, 0.29) is 11.3 Å². The third-order valence-electron chi connectivity index (χ3n) is 2.13. The van der Waals surface area contributed by atoms with Gasteiger partial charge in [0, 0.05) is 10.0 Å². The van der Waals surface area contributed by atoms with Gasteiger partial charge in [0.1, 0.15) is 16.1 Å². The van der Waals surface area contributed by atoms with E-state index in [1.807, 2.05) is 0 Å². The maximum Gasteiger partial charge on any atom is 0.168 e. The van der Waals surface area contributed by atoms with Gasteiger partial charge < -0.3 is 4.55 Å². The highest BCUT2D eigenvalue weighted by Crippen LogP contribution is 2.22. The van der Waals surface area contributed by atoms with E-state index in [0.29, 0.717) is 4.47 Å². The van der Waals surface area contributed by atoms with Crippen molar-refractivity contribution in [3.63, 3.8) is 0 Å². The summed E-state index contributed by atoms with van der Waals surface area (Å²) >= 11 is 1.58. The lowest BCUT2D eigenvalue weighted by Crippen LogP contribution is -2.26. The van der Waals surface area contributed by atoms with E-state index in [2.05, 4.69) is 20.3 Å². The SMILES string of the molecule is C/C(=N/[S+]([O-])C(C)(C)C)c1cc(Br)cc(F)c1F. The van der Waals surface area contributed by atoms with Gasteiger partial charge in [-0.25, -0.2) is 8.78 Å². The zero-order valence-corrected chi connectivity index (χ0v) is 13.0. The Balaban J connectivity index is 3.19. The summed E-state index contributed by atoms with van der Waals surface area (Å²) in [6.07, 6.45) is 0. The molecule has 0 aliphatic rings. The summed E-state index contributed by atoms with van der Waals surface area (Å²) < 4.78 is 42.5. The molecular formula is C12H14BrF2NOS. The lowest BCUT2D eigenvalue weighted by molar-refractivity contribution is 0.506. The van der Waals surface area contributed by atoms with Crippen molar-refractivity contribution in [2.75, 3.05) is 0 Å². The van der Waals surface area contributed by atoms with Crippen LogP contribution in [0.2, 0.25) is 0 Å². The van der Waals surface area contributed by atoms with Gasteiger partial charge in [-0.15, -0.1) is 0 Å². The van der Waals surface area contributed by atoms with E-state index in [9.17, 15) is 13.3 Å². The molecule has 0 fully saturated rings. The molecular weight excluding hydrogens is 324 g/mol. The third-order valence-corrected chi connectivity index (χ3v) is 4.07. The summed E-state index contributed by atoms with van der Waals surface area (Å²) in [7, 11) is 0. The van der Waals surface area contributed by atoms with Gasteiger partial charge in [0.25, 0.3) is 0 Å². The highest BCUT2D eigenvalue weighted by Gasteiger charge is 2.27. The van der Waals surface area contributed by atoms with Crippen molar-refractivity contribution in [2.45, 2.75) is 32.4 Å². The van der Waals surface area contributed by atoms with E-state index in [1.54, 1.807) is 20.8 Å². The van der Waals surface area contributed by atoms with Gasteiger partial charge in [-0.2, -0.15) is 0 Å². The number of nitrogens with zero attached hydrogens (tertiary/aromatic N) is 1. The van der Waals surface area contributed by atoms with Crippen LogP contribution in [-0.4, -0.2) is 15.0 Å². The largest absolute Gasteiger partial charge is 0.591 e. The van der Waals surface area contributed by atoms with Crippen LogP contribution >= 0.6 is 15.9 Å². The van der Waals surface area contributed by atoms with Gasteiger partial charge in [0.2, 0.25) is 0 Å². The van der Waals surface area contributed by atoms with Crippen molar-refractivity contribution in [1.82, 2.24) is 0 Å². The Bertz CT molecular complexity index is 486. The Labute approximate surface area is 117 Å². The van der Waals surface area contributed by atoms with E-state index in [0.717, 1.165) is 6.07 Å². The van der Waals surface area contributed by atoms with E-state index >= 15 is 0 Å². The monoisotopic (exact) mass is 337 g/mol. The smallest absolute Gasteiger partial charge is 0.168 e. The van der Waals surface area contributed by atoms with Crippen LogP contribution in [0.15, 0.2) is 21.0 Å². The second-order valence-corrected chi connectivity index (χ2v) is 7.61. The lowest BCUT2D eigenvalue weighted by atomic mass is 10.1. The summed E-state index contributed by atoms with van der Waals surface area (Å²) in [5.41, 5.74) is 0.223. The highest BCUT2D eigenvalue weighted by atomic mass is 79.9. The summed E-state index contributed by atoms with van der Waals surface area (Å²) in [6.45, 7) is 6.79. The van der Waals surface area contributed by atoms with Crippen molar-refractivity contribution in [3.05, 3.63) is 33.8 Å². The first-order valence-electron chi connectivity index (χ1n) is 5.25. The van der Waals surface area contributed by atoms with Crippen LogP contribution < -0.4 is 0 Å². The average Bonchev–Trinajstić information content (AvgIpc) is 2.21. The van der Waals surface area contributed by atoms with Crippen LogP contribution in [0.3, 0.4) is 0 Å². The molecule has 6 heteroatoms. The number of benzene rings is 1. The molecule has 0 heterocycles. The summed E-state index contributed by atoms with van der Waals surface area (Å²) in [5.74, 6) is -1.94. The Kier molecular flexibility index (Phi) is 4.91. The highest BCUT2D eigenvalue weighted by molar-refractivity contribution is 9.10. The van der Waals surface area contributed by atoms with Gasteiger partial charge in [0.15, 0.2) is 11.6 Å². The number of hydrogen-bond donors (Lipinski definition) is 0. The second-order valence-electron chi connectivity index (χ2n) is 4.79. The maximum absolute atomic E-state index is 13.6. The molecule has 0 bridgehead atoms. The first kappa shape index (κ1) is 15.6. The molecule has 100 valence electrons. The predicted octanol–water partition coefficient (Wildman–Crippen LogP) is 4.00. The van der Waals surface area contributed by atoms with Gasteiger partial charge in [-0.1, -0.05) is 20.3 Å². The summed E-state index contributed by atoms with van der Waals surface area (Å²) in [4.78, 5) is 0. The Morgan fingerprint density at radius 3 is 2.39 bits per heavy atom. The van der Waals surface area contributed by atoms with Crippen molar-refractivity contribution in [1.29, 1.82) is 0 Å². The standard InChI is InChI=1S/C12H14BrF2NOS/c1-7(16-18(17)12(2,3)4)9-5-8(13)6-10(14)11(9)15/h5-6H,1-4H3/b16-7-.